The van der Waals surface area contributed by atoms with Crippen LogP contribution in [0.15, 0.2) is 41.5 Å². The van der Waals surface area contributed by atoms with Crippen LogP contribution in [-0.2, 0) is 21.3 Å². The Balaban J connectivity index is 1.43. The summed E-state index contributed by atoms with van der Waals surface area (Å²) >= 11 is 0. The van der Waals surface area contributed by atoms with E-state index < -0.39 is 21.6 Å². The van der Waals surface area contributed by atoms with Crippen LogP contribution < -0.4 is 15.2 Å². The minimum Gasteiger partial charge on any atom is -0.497 e. The molecule has 4 rings (SSSR count). The molecular weight excluding hydrogens is 450 g/mol. The molecule has 0 radical (unpaired) electrons. The highest BCUT2D eigenvalue weighted by Crippen LogP contribution is 2.22. The first-order valence-electron chi connectivity index (χ1n) is 10.4. The standard InChI is InChI=1S/C21H25N5O6S/c1-31-16-5-3-15(4-6-16)25-7-9-26(10-8-25)33(29,30)12-11-24-13-17-19(22-23-20(17)27)18(14-24)21(28)32-2/h3-6,13-14H,7-12H2,1-2H3,(H,23,27). The van der Waals surface area contributed by atoms with E-state index in [-0.39, 0.29) is 29.1 Å². The Kier molecular flexibility index (Phi) is 6.38. The van der Waals surface area contributed by atoms with Gasteiger partial charge < -0.3 is 18.9 Å². The molecular formula is C21H25N5O6S. The van der Waals surface area contributed by atoms with Crippen molar-refractivity contribution in [2.75, 3.05) is 51.1 Å². The molecule has 0 saturated carbocycles. The number of H-pyrrole nitrogens is 1. The van der Waals surface area contributed by atoms with Crippen molar-refractivity contribution >= 4 is 21.7 Å². The number of rotatable bonds is 7. The first kappa shape index (κ1) is 22.8. The number of aromatic amines is 1. The smallest absolute Gasteiger partial charge is 0.341 e. The Morgan fingerprint density at radius 3 is 2.42 bits per heavy atom. The van der Waals surface area contributed by atoms with Gasteiger partial charge in [0, 0.05) is 50.8 Å². The van der Waals surface area contributed by atoms with Crippen LogP contribution in [0.2, 0.25) is 0 Å². The van der Waals surface area contributed by atoms with Gasteiger partial charge in [-0.3, -0.25) is 4.79 Å². The van der Waals surface area contributed by atoms with E-state index in [1.807, 2.05) is 24.3 Å². The molecule has 0 spiro atoms. The fraction of sp³-hybridized carbons (Fsp3) is 0.381. The van der Waals surface area contributed by atoms with E-state index in [9.17, 15) is 18.0 Å². The number of benzene rings is 1. The number of anilines is 1. The summed E-state index contributed by atoms with van der Waals surface area (Å²) in [4.78, 5) is 26.2. The predicted octanol–water partition coefficient (Wildman–Crippen LogP) is 0.623. The van der Waals surface area contributed by atoms with Crippen LogP contribution in [-0.4, -0.2) is 79.6 Å². The molecule has 1 fully saturated rings. The molecule has 33 heavy (non-hydrogen) atoms. The van der Waals surface area contributed by atoms with Gasteiger partial charge in [-0.05, 0) is 24.3 Å². The maximum atomic E-state index is 12.9. The molecule has 1 aromatic carbocycles. The van der Waals surface area contributed by atoms with E-state index in [1.54, 1.807) is 7.11 Å². The molecule has 3 aliphatic rings. The fourth-order valence-electron chi connectivity index (χ4n) is 3.85. The van der Waals surface area contributed by atoms with Crippen molar-refractivity contribution < 1.29 is 22.7 Å². The molecule has 1 saturated heterocycles. The summed E-state index contributed by atoms with van der Waals surface area (Å²) in [5.74, 6) is -0.0536. The number of piperazine rings is 1. The third-order valence-electron chi connectivity index (χ3n) is 5.70. The van der Waals surface area contributed by atoms with Crippen LogP contribution in [0.3, 0.4) is 0 Å². The molecule has 0 aromatic heterocycles. The minimum atomic E-state index is -3.54. The lowest BCUT2D eigenvalue weighted by Gasteiger charge is -2.35. The SMILES string of the molecule is COC(=O)c1cn(CCS(=O)(=O)N2CCN(c3ccc(OC)cc3)CC2)cc2c(=O)[nH]nc1-2. The number of sulfonamides is 1. The van der Waals surface area contributed by atoms with Gasteiger partial charge in [-0.25, -0.2) is 18.3 Å². The third kappa shape index (κ3) is 4.71. The number of carbonyl (C=O) groups is 1. The van der Waals surface area contributed by atoms with Crippen molar-refractivity contribution in [1.29, 1.82) is 0 Å². The fourth-order valence-corrected chi connectivity index (χ4v) is 5.26. The van der Waals surface area contributed by atoms with Crippen molar-refractivity contribution in [3.05, 3.63) is 52.6 Å². The lowest BCUT2D eigenvalue weighted by Crippen LogP contribution is -2.49. The Morgan fingerprint density at radius 2 is 1.79 bits per heavy atom. The topological polar surface area (TPSA) is 127 Å². The monoisotopic (exact) mass is 475 g/mol. The van der Waals surface area contributed by atoms with E-state index in [0.29, 0.717) is 26.2 Å². The van der Waals surface area contributed by atoms with Crippen LogP contribution in [0.1, 0.15) is 10.4 Å². The molecule has 11 nitrogen and oxygen atoms in total. The summed E-state index contributed by atoms with van der Waals surface area (Å²) in [6.07, 6.45) is 2.94. The van der Waals surface area contributed by atoms with E-state index in [2.05, 4.69) is 15.1 Å². The van der Waals surface area contributed by atoms with Crippen LogP contribution in [0.5, 0.6) is 5.75 Å². The zero-order valence-corrected chi connectivity index (χ0v) is 19.2. The van der Waals surface area contributed by atoms with E-state index in [1.165, 1.54) is 28.4 Å². The first-order chi connectivity index (χ1) is 15.8. The Morgan fingerprint density at radius 1 is 1.09 bits per heavy atom. The lowest BCUT2D eigenvalue weighted by molar-refractivity contribution is 0.0600. The van der Waals surface area contributed by atoms with Gasteiger partial charge in [-0.15, -0.1) is 0 Å². The van der Waals surface area contributed by atoms with E-state index in [0.717, 1.165) is 11.4 Å². The van der Waals surface area contributed by atoms with Gasteiger partial charge in [0.25, 0.3) is 5.56 Å². The summed E-state index contributed by atoms with van der Waals surface area (Å²) in [6, 6.07) is 7.66. The summed E-state index contributed by atoms with van der Waals surface area (Å²) in [6.45, 7) is 1.97. The number of ether oxygens (including phenoxy) is 2. The number of aromatic nitrogens is 3. The molecule has 0 atom stereocenters. The molecule has 12 heteroatoms. The maximum Gasteiger partial charge on any atom is 0.341 e. The average molecular weight is 476 g/mol. The van der Waals surface area contributed by atoms with Gasteiger partial charge in [0.1, 0.15) is 17.0 Å². The second-order valence-electron chi connectivity index (χ2n) is 7.62. The number of carbonyl (C=O) groups excluding carboxylic acids is 1. The summed E-state index contributed by atoms with van der Waals surface area (Å²) in [5.41, 5.74) is 1.05. The highest BCUT2D eigenvalue weighted by Gasteiger charge is 2.28. The van der Waals surface area contributed by atoms with Crippen LogP contribution >= 0.6 is 0 Å². The van der Waals surface area contributed by atoms with Crippen molar-refractivity contribution in [2.45, 2.75) is 6.54 Å². The molecule has 0 amide bonds. The van der Waals surface area contributed by atoms with Gasteiger partial charge in [-0.2, -0.15) is 9.40 Å². The van der Waals surface area contributed by atoms with Crippen LogP contribution in [0, 0.1) is 0 Å². The van der Waals surface area contributed by atoms with Crippen molar-refractivity contribution in [3.8, 4) is 17.0 Å². The Hall–Kier alpha value is -3.38. The second-order valence-corrected chi connectivity index (χ2v) is 9.70. The van der Waals surface area contributed by atoms with Gasteiger partial charge >= 0.3 is 5.97 Å². The largest absolute Gasteiger partial charge is 0.497 e. The zero-order valence-electron chi connectivity index (χ0n) is 18.4. The first-order valence-corrected chi connectivity index (χ1v) is 12.0. The quantitative estimate of drug-likeness (QED) is 0.493. The van der Waals surface area contributed by atoms with Gasteiger partial charge in [0.05, 0.1) is 25.5 Å². The van der Waals surface area contributed by atoms with Gasteiger partial charge in [0.2, 0.25) is 10.0 Å². The van der Waals surface area contributed by atoms with E-state index in [4.69, 9.17) is 9.47 Å². The van der Waals surface area contributed by atoms with E-state index >= 15 is 0 Å². The molecule has 3 heterocycles. The minimum absolute atomic E-state index is 0.0750. The summed E-state index contributed by atoms with van der Waals surface area (Å²) < 4.78 is 38.8. The van der Waals surface area contributed by atoms with Crippen molar-refractivity contribution in [1.82, 2.24) is 19.1 Å². The molecule has 1 aromatic rings. The number of methoxy groups -OCH3 is 2. The number of hydrogen-bond donors (Lipinski definition) is 1. The normalized spacial score (nSPS) is 15.0. The molecule has 0 aliphatic carbocycles. The number of fused-ring (bicyclic) bond motifs is 1. The number of aryl methyl sites for hydroxylation is 1. The number of pyridine rings is 1. The highest BCUT2D eigenvalue weighted by atomic mass is 32.2. The molecule has 176 valence electrons. The number of nitrogens with zero attached hydrogens (tertiary/aromatic N) is 4. The van der Waals surface area contributed by atoms with Crippen molar-refractivity contribution in [2.24, 2.45) is 0 Å². The lowest BCUT2D eigenvalue weighted by atomic mass is 10.1. The molecule has 0 unspecified atom stereocenters. The number of esters is 1. The number of nitrogens with one attached hydrogen (secondary N) is 1. The Labute approximate surface area is 190 Å². The summed E-state index contributed by atoms with van der Waals surface area (Å²) in [7, 11) is -0.699. The van der Waals surface area contributed by atoms with Gasteiger partial charge in [-0.1, -0.05) is 0 Å². The zero-order chi connectivity index (χ0) is 23.6. The van der Waals surface area contributed by atoms with Gasteiger partial charge in [0.15, 0.2) is 0 Å². The highest BCUT2D eigenvalue weighted by molar-refractivity contribution is 7.89. The predicted molar refractivity (Wildman–Crippen MR) is 121 cm³/mol. The molecule has 0 bridgehead atoms. The van der Waals surface area contributed by atoms with Crippen molar-refractivity contribution in [3.63, 3.8) is 0 Å². The van der Waals surface area contributed by atoms with Crippen LogP contribution in [0.4, 0.5) is 5.69 Å². The second kappa shape index (κ2) is 9.24. The summed E-state index contributed by atoms with van der Waals surface area (Å²) in [5, 5.41) is 6.17. The average Bonchev–Trinajstić information content (AvgIpc) is 3.22. The number of hydrogen-bond acceptors (Lipinski definition) is 8. The Bertz CT molecular complexity index is 1260. The molecule has 3 aliphatic heterocycles. The van der Waals surface area contributed by atoms with Crippen LogP contribution in [0.25, 0.3) is 11.3 Å². The third-order valence-corrected chi connectivity index (χ3v) is 7.55. The molecule has 1 N–H and O–H groups in total. The maximum absolute atomic E-state index is 12.9.